The summed E-state index contributed by atoms with van der Waals surface area (Å²) in [6.45, 7) is 0. The predicted molar refractivity (Wildman–Crippen MR) is 81.0 cm³/mol. The van der Waals surface area contributed by atoms with Crippen LogP contribution < -0.4 is 16.8 Å². The summed E-state index contributed by atoms with van der Waals surface area (Å²) in [5, 5.41) is 2.92. The van der Waals surface area contributed by atoms with Gasteiger partial charge in [-0.25, -0.2) is 0 Å². The molecule has 5 N–H and O–H groups in total. The van der Waals surface area contributed by atoms with Crippen LogP contribution in [0.2, 0.25) is 0 Å². The molecule has 7 heteroatoms. The molecule has 0 aromatic heterocycles. The van der Waals surface area contributed by atoms with Gasteiger partial charge in [-0.2, -0.15) is 8.78 Å². The number of rotatable bonds is 5. The number of benzene rings is 2. The highest BCUT2D eigenvalue weighted by atomic mass is 32.2. The van der Waals surface area contributed by atoms with Crippen LogP contribution in [0.15, 0.2) is 47.4 Å². The lowest BCUT2D eigenvalue weighted by Crippen LogP contribution is -2.14. The van der Waals surface area contributed by atoms with Gasteiger partial charge in [-0.15, -0.1) is 0 Å². The largest absolute Gasteiger partial charge is 0.397 e. The van der Waals surface area contributed by atoms with Gasteiger partial charge in [0, 0.05) is 4.90 Å². The molecule has 0 saturated heterocycles. The Bertz CT molecular complexity index is 664. The summed E-state index contributed by atoms with van der Waals surface area (Å²) < 4.78 is 25.1. The van der Waals surface area contributed by atoms with Gasteiger partial charge >= 0.3 is 0 Å². The third-order valence-electron chi connectivity index (χ3n) is 2.72. The molecular weight excluding hydrogens is 296 g/mol. The highest BCUT2D eigenvalue weighted by molar-refractivity contribution is 7.99. The van der Waals surface area contributed by atoms with Crippen molar-refractivity contribution in [3.05, 3.63) is 48.0 Å². The summed E-state index contributed by atoms with van der Waals surface area (Å²) in [7, 11) is 0. The average Bonchev–Trinajstić information content (AvgIpc) is 2.42. The number of carbonyl (C=O) groups excluding carboxylic acids is 1. The summed E-state index contributed by atoms with van der Waals surface area (Å²) >= 11 is 0.412. The summed E-state index contributed by atoms with van der Waals surface area (Å²) in [5.41, 5.74) is 12.4. The Morgan fingerprint density at radius 2 is 1.86 bits per heavy atom. The maximum Gasteiger partial charge on any atom is 0.288 e. The number of halogens is 2. The monoisotopic (exact) mass is 309 g/mol. The SMILES string of the molecule is NC(=O)c1cccc(N)c1Nc1ccccc1SC(F)F. The van der Waals surface area contributed by atoms with Crippen molar-refractivity contribution in [3.8, 4) is 0 Å². The van der Waals surface area contributed by atoms with Crippen LogP contribution in [0.25, 0.3) is 0 Å². The lowest BCUT2D eigenvalue weighted by Gasteiger charge is -2.15. The Labute approximate surface area is 124 Å². The topological polar surface area (TPSA) is 81.1 Å². The fourth-order valence-electron chi connectivity index (χ4n) is 1.82. The number of nitrogens with two attached hydrogens (primary N) is 2. The molecule has 1 amide bonds. The lowest BCUT2D eigenvalue weighted by atomic mass is 10.1. The number of para-hydroxylation sites is 2. The summed E-state index contributed by atoms with van der Waals surface area (Å²) in [4.78, 5) is 11.8. The summed E-state index contributed by atoms with van der Waals surface area (Å²) in [6.07, 6.45) is 0. The Balaban J connectivity index is 2.41. The van der Waals surface area contributed by atoms with Crippen molar-refractivity contribution in [1.29, 1.82) is 0 Å². The van der Waals surface area contributed by atoms with Crippen molar-refractivity contribution in [1.82, 2.24) is 0 Å². The van der Waals surface area contributed by atoms with Gasteiger partial charge in [0.05, 0.1) is 22.6 Å². The lowest BCUT2D eigenvalue weighted by molar-refractivity contribution is 0.100. The number of amides is 1. The van der Waals surface area contributed by atoms with Gasteiger partial charge in [0.2, 0.25) is 0 Å². The average molecular weight is 309 g/mol. The van der Waals surface area contributed by atoms with E-state index in [9.17, 15) is 13.6 Å². The normalized spacial score (nSPS) is 10.6. The molecule has 0 atom stereocenters. The second kappa shape index (κ2) is 6.45. The van der Waals surface area contributed by atoms with Crippen LogP contribution >= 0.6 is 11.8 Å². The molecule has 0 aliphatic carbocycles. The first-order chi connectivity index (χ1) is 9.99. The van der Waals surface area contributed by atoms with E-state index >= 15 is 0 Å². The number of nitrogen functional groups attached to an aromatic ring is 1. The van der Waals surface area contributed by atoms with Crippen LogP contribution in [0.3, 0.4) is 0 Å². The van der Waals surface area contributed by atoms with Gasteiger partial charge in [-0.1, -0.05) is 30.0 Å². The predicted octanol–water partition coefficient (Wildman–Crippen LogP) is 3.43. The van der Waals surface area contributed by atoms with E-state index in [4.69, 9.17) is 11.5 Å². The molecule has 0 unspecified atom stereocenters. The van der Waals surface area contributed by atoms with Gasteiger partial charge in [0.1, 0.15) is 0 Å². The van der Waals surface area contributed by atoms with E-state index in [0.29, 0.717) is 33.7 Å². The second-order valence-electron chi connectivity index (χ2n) is 4.13. The zero-order chi connectivity index (χ0) is 15.4. The molecule has 4 nitrogen and oxygen atoms in total. The molecule has 0 spiro atoms. The number of hydrogen-bond acceptors (Lipinski definition) is 4. The Hall–Kier alpha value is -2.28. The van der Waals surface area contributed by atoms with E-state index in [0.717, 1.165) is 0 Å². The van der Waals surface area contributed by atoms with Gasteiger partial charge in [0.25, 0.3) is 11.7 Å². The molecule has 0 aliphatic rings. The summed E-state index contributed by atoms with van der Waals surface area (Å²) in [6, 6.07) is 11.2. The first-order valence-electron chi connectivity index (χ1n) is 5.98. The van der Waals surface area contributed by atoms with Crippen LogP contribution in [0.4, 0.5) is 25.8 Å². The molecule has 0 bridgehead atoms. The van der Waals surface area contributed by atoms with Crippen LogP contribution in [-0.4, -0.2) is 11.7 Å². The van der Waals surface area contributed by atoms with E-state index in [1.807, 2.05) is 0 Å². The van der Waals surface area contributed by atoms with Crippen LogP contribution in [0.1, 0.15) is 10.4 Å². The number of hydrogen-bond donors (Lipinski definition) is 3. The van der Waals surface area contributed by atoms with E-state index in [1.54, 1.807) is 36.4 Å². The third kappa shape index (κ3) is 3.63. The molecule has 0 aliphatic heterocycles. The molecule has 21 heavy (non-hydrogen) atoms. The smallest absolute Gasteiger partial charge is 0.288 e. The fourth-order valence-corrected chi connectivity index (χ4v) is 2.41. The highest BCUT2D eigenvalue weighted by Gasteiger charge is 2.14. The quantitative estimate of drug-likeness (QED) is 0.584. The van der Waals surface area contributed by atoms with E-state index < -0.39 is 11.7 Å². The molecule has 0 fully saturated rings. The van der Waals surface area contributed by atoms with Crippen LogP contribution in [0.5, 0.6) is 0 Å². The van der Waals surface area contributed by atoms with Gasteiger partial charge in [0.15, 0.2) is 0 Å². The third-order valence-corrected chi connectivity index (χ3v) is 3.51. The Morgan fingerprint density at radius 1 is 1.14 bits per heavy atom. The number of thioether (sulfide) groups is 1. The number of carbonyl (C=O) groups is 1. The minimum atomic E-state index is -2.54. The molecule has 110 valence electrons. The van der Waals surface area contributed by atoms with Crippen molar-refractivity contribution < 1.29 is 13.6 Å². The van der Waals surface area contributed by atoms with Gasteiger partial charge in [-0.3, -0.25) is 4.79 Å². The van der Waals surface area contributed by atoms with Crippen molar-refractivity contribution in [2.45, 2.75) is 10.7 Å². The minimum Gasteiger partial charge on any atom is -0.397 e. The number of alkyl halides is 2. The fraction of sp³-hybridized carbons (Fsp3) is 0.0714. The number of primary amides is 1. The minimum absolute atomic E-state index is 0.201. The highest BCUT2D eigenvalue weighted by Crippen LogP contribution is 2.35. The Morgan fingerprint density at radius 3 is 2.52 bits per heavy atom. The molecule has 0 saturated carbocycles. The molecule has 2 aromatic rings. The number of nitrogens with one attached hydrogen (secondary N) is 1. The van der Waals surface area contributed by atoms with Crippen molar-refractivity contribution in [2.24, 2.45) is 5.73 Å². The molecular formula is C14H13F2N3OS. The maximum atomic E-state index is 12.6. The zero-order valence-corrected chi connectivity index (χ0v) is 11.7. The zero-order valence-electron chi connectivity index (χ0n) is 10.8. The number of anilines is 3. The van der Waals surface area contributed by atoms with Gasteiger partial charge in [-0.05, 0) is 24.3 Å². The first kappa shape index (κ1) is 15.1. The van der Waals surface area contributed by atoms with Gasteiger partial charge < -0.3 is 16.8 Å². The van der Waals surface area contributed by atoms with E-state index in [1.165, 1.54) is 6.07 Å². The van der Waals surface area contributed by atoms with Crippen LogP contribution in [-0.2, 0) is 0 Å². The van der Waals surface area contributed by atoms with Crippen LogP contribution in [0, 0.1) is 0 Å². The Kier molecular flexibility index (Phi) is 4.64. The molecule has 0 heterocycles. The first-order valence-corrected chi connectivity index (χ1v) is 6.86. The maximum absolute atomic E-state index is 12.6. The molecule has 0 radical (unpaired) electrons. The van der Waals surface area contributed by atoms with Crippen molar-refractivity contribution >= 4 is 34.7 Å². The van der Waals surface area contributed by atoms with Crippen molar-refractivity contribution in [3.63, 3.8) is 0 Å². The second-order valence-corrected chi connectivity index (χ2v) is 5.17. The van der Waals surface area contributed by atoms with E-state index in [-0.39, 0.29) is 5.56 Å². The molecule has 2 rings (SSSR count). The van der Waals surface area contributed by atoms with Crippen molar-refractivity contribution in [2.75, 3.05) is 11.1 Å². The standard InChI is InChI=1S/C14H13F2N3OS/c15-14(16)21-11-7-2-1-6-10(11)19-12-8(13(18)20)4-3-5-9(12)17/h1-7,14,19H,17H2,(H2,18,20). The summed E-state index contributed by atoms with van der Waals surface area (Å²) in [5.74, 6) is -3.19. The molecule has 2 aromatic carbocycles. The van der Waals surface area contributed by atoms with E-state index in [2.05, 4.69) is 5.32 Å².